The van der Waals surface area contributed by atoms with Crippen molar-refractivity contribution in [1.29, 1.82) is 0 Å². The highest BCUT2D eigenvalue weighted by molar-refractivity contribution is 6.12. The second-order valence-corrected chi connectivity index (χ2v) is 5.00. The summed E-state index contributed by atoms with van der Waals surface area (Å²) in [6.45, 7) is 2.05. The lowest BCUT2D eigenvalue weighted by Gasteiger charge is -2.07. The molecule has 0 unspecified atom stereocenters. The molecule has 0 N–H and O–H groups in total. The Balaban J connectivity index is 1.93. The largest absolute Gasteiger partial charge is 0.496 e. The molecular formula is C18H16N2O3. The van der Waals surface area contributed by atoms with E-state index in [4.69, 9.17) is 9.47 Å². The topological polar surface area (TPSA) is 60.8 Å². The second kappa shape index (κ2) is 6.44. The highest BCUT2D eigenvalue weighted by atomic mass is 16.6. The predicted octanol–water partition coefficient (Wildman–Crippen LogP) is 3.00. The first-order valence-corrected chi connectivity index (χ1v) is 7.31. The number of carbonyl (C=O) groups excluding carboxylic acids is 1. The smallest absolute Gasteiger partial charge is 0.363 e. The van der Waals surface area contributed by atoms with Gasteiger partial charge in [-0.2, -0.15) is 0 Å². The number of hydrogen-bond donors (Lipinski definition) is 0. The Kier molecular flexibility index (Phi) is 4.19. The van der Waals surface area contributed by atoms with Crippen molar-refractivity contribution in [3.8, 4) is 5.75 Å². The van der Waals surface area contributed by atoms with Crippen molar-refractivity contribution in [2.75, 3.05) is 7.11 Å². The number of ether oxygens (including phenoxy) is 2. The van der Waals surface area contributed by atoms with E-state index < -0.39 is 5.97 Å². The quantitative estimate of drug-likeness (QED) is 0.643. The Morgan fingerprint density at radius 3 is 2.87 bits per heavy atom. The lowest BCUT2D eigenvalue weighted by molar-refractivity contribution is -0.129. The van der Waals surface area contributed by atoms with Crippen LogP contribution in [0.5, 0.6) is 5.75 Å². The molecule has 1 aromatic heterocycles. The summed E-state index contributed by atoms with van der Waals surface area (Å²) in [7, 11) is 1.64. The molecule has 23 heavy (non-hydrogen) atoms. The molecule has 0 atom stereocenters. The van der Waals surface area contributed by atoms with Gasteiger partial charge in [-0.15, -0.1) is 0 Å². The minimum absolute atomic E-state index is 0.274. The lowest BCUT2D eigenvalue weighted by atomic mass is 10.1. The molecule has 2 aromatic rings. The number of aromatic nitrogens is 1. The van der Waals surface area contributed by atoms with Crippen molar-refractivity contribution in [2.24, 2.45) is 4.99 Å². The van der Waals surface area contributed by atoms with Gasteiger partial charge in [0, 0.05) is 12.4 Å². The fraction of sp³-hybridized carbons (Fsp3) is 0.167. The summed E-state index contributed by atoms with van der Waals surface area (Å²) < 4.78 is 10.5. The number of aliphatic imine (C=N–C) groups is 1. The molecule has 5 heteroatoms. The third kappa shape index (κ3) is 3.13. The van der Waals surface area contributed by atoms with Gasteiger partial charge in [-0.1, -0.05) is 13.0 Å². The van der Waals surface area contributed by atoms with E-state index in [1.807, 2.05) is 18.2 Å². The molecule has 1 aliphatic heterocycles. The van der Waals surface area contributed by atoms with Crippen LogP contribution in [0.25, 0.3) is 6.08 Å². The van der Waals surface area contributed by atoms with Crippen molar-refractivity contribution < 1.29 is 14.3 Å². The first kappa shape index (κ1) is 15.0. The van der Waals surface area contributed by atoms with Crippen LogP contribution in [0.2, 0.25) is 0 Å². The molecule has 0 spiro atoms. The van der Waals surface area contributed by atoms with Crippen LogP contribution in [0.15, 0.2) is 53.4 Å². The van der Waals surface area contributed by atoms with E-state index in [0.717, 1.165) is 23.3 Å². The van der Waals surface area contributed by atoms with Crippen molar-refractivity contribution in [1.82, 2.24) is 4.98 Å². The van der Waals surface area contributed by atoms with Crippen LogP contribution < -0.4 is 4.74 Å². The number of nitrogens with zero attached hydrogens (tertiary/aromatic N) is 2. The summed E-state index contributed by atoms with van der Waals surface area (Å²) in [5.41, 5.74) is 2.90. The third-order valence-electron chi connectivity index (χ3n) is 3.52. The van der Waals surface area contributed by atoms with E-state index in [0.29, 0.717) is 5.56 Å². The highest BCUT2D eigenvalue weighted by Crippen LogP contribution is 2.24. The molecular weight excluding hydrogens is 292 g/mol. The zero-order valence-corrected chi connectivity index (χ0v) is 12.9. The fourth-order valence-corrected chi connectivity index (χ4v) is 2.34. The maximum absolute atomic E-state index is 12.0. The van der Waals surface area contributed by atoms with Crippen LogP contribution >= 0.6 is 0 Å². The molecule has 116 valence electrons. The van der Waals surface area contributed by atoms with E-state index in [9.17, 15) is 4.79 Å². The molecule has 0 saturated heterocycles. The number of esters is 1. The molecule has 1 aliphatic rings. The molecule has 2 heterocycles. The molecule has 0 fully saturated rings. The van der Waals surface area contributed by atoms with Gasteiger partial charge in [0.1, 0.15) is 5.75 Å². The number of cyclic esters (lactones) is 1. The van der Waals surface area contributed by atoms with Crippen LogP contribution in [-0.4, -0.2) is 24.0 Å². The highest BCUT2D eigenvalue weighted by Gasteiger charge is 2.24. The average Bonchev–Trinajstić information content (AvgIpc) is 2.96. The van der Waals surface area contributed by atoms with Gasteiger partial charge in [0.25, 0.3) is 0 Å². The number of hydrogen-bond acceptors (Lipinski definition) is 5. The minimum atomic E-state index is -0.460. The molecule has 0 radical (unpaired) electrons. The predicted molar refractivity (Wildman–Crippen MR) is 87.2 cm³/mol. The van der Waals surface area contributed by atoms with Crippen molar-refractivity contribution in [3.63, 3.8) is 0 Å². The Hall–Kier alpha value is -2.95. The molecule has 0 aliphatic carbocycles. The lowest BCUT2D eigenvalue weighted by Crippen LogP contribution is -2.05. The number of aryl methyl sites for hydroxylation is 1. The summed E-state index contributed by atoms with van der Waals surface area (Å²) in [5, 5.41) is 0. The van der Waals surface area contributed by atoms with E-state index in [1.54, 1.807) is 37.7 Å². The molecule has 0 bridgehead atoms. The Morgan fingerprint density at radius 2 is 2.17 bits per heavy atom. The third-order valence-corrected chi connectivity index (χ3v) is 3.52. The molecule has 0 saturated carbocycles. The van der Waals surface area contributed by atoms with Gasteiger partial charge in [0.05, 0.1) is 12.7 Å². The van der Waals surface area contributed by atoms with Crippen LogP contribution in [-0.2, 0) is 16.0 Å². The van der Waals surface area contributed by atoms with Gasteiger partial charge in [0.2, 0.25) is 5.90 Å². The number of rotatable bonds is 4. The van der Waals surface area contributed by atoms with Gasteiger partial charge in [-0.05, 0) is 47.9 Å². The van der Waals surface area contributed by atoms with E-state index in [1.165, 1.54) is 0 Å². The summed E-state index contributed by atoms with van der Waals surface area (Å²) in [4.78, 5) is 20.3. The zero-order chi connectivity index (χ0) is 16.2. The fourth-order valence-electron chi connectivity index (χ4n) is 2.34. The van der Waals surface area contributed by atoms with Crippen molar-refractivity contribution in [2.45, 2.75) is 13.3 Å². The summed E-state index contributed by atoms with van der Waals surface area (Å²) in [6.07, 6.45) is 5.82. The molecule has 3 rings (SSSR count). The van der Waals surface area contributed by atoms with E-state index in [-0.39, 0.29) is 11.6 Å². The molecule has 5 nitrogen and oxygen atoms in total. The van der Waals surface area contributed by atoms with Crippen LogP contribution in [0.1, 0.15) is 23.6 Å². The van der Waals surface area contributed by atoms with E-state index >= 15 is 0 Å². The monoisotopic (exact) mass is 308 g/mol. The van der Waals surface area contributed by atoms with Crippen LogP contribution in [0.4, 0.5) is 0 Å². The Labute approximate surface area is 134 Å². The van der Waals surface area contributed by atoms with Gasteiger partial charge in [0.15, 0.2) is 5.70 Å². The summed E-state index contributed by atoms with van der Waals surface area (Å²) in [6, 6.07) is 9.32. The zero-order valence-electron chi connectivity index (χ0n) is 12.9. The molecule has 0 amide bonds. The number of benzene rings is 1. The maximum atomic E-state index is 12.0. The summed E-state index contributed by atoms with van der Waals surface area (Å²) in [5.74, 6) is 0.652. The molecule has 1 aromatic carbocycles. The SMILES string of the molecule is CCc1cc(/C=C2/N=C(c3cccnc3)OC2=O)ccc1OC. The van der Waals surface area contributed by atoms with Gasteiger partial charge in [-0.25, -0.2) is 9.79 Å². The first-order valence-electron chi connectivity index (χ1n) is 7.31. The Bertz CT molecular complexity index is 795. The van der Waals surface area contributed by atoms with Crippen LogP contribution in [0, 0.1) is 0 Å². The van der Waals surface area contributed by atoms with Gasteiger partial charge >= 0.3 is 5.97 Å². The van der Waals surface area contributed by atoms with Crippen molar-refractivity contribution in [3.05, 3.63) is 65.1 Å². The standard InChI is InChI=1S/C18H16N2O3/c1-3-13-9-12(6-7-16(13)22-2)10-15-18(21)23-17(20-15)14-5-4-8-19-11-14/h4-11H,3H2,1-2H3/b15-10+. The van der Waals surface area contributed by atoms with Crippen molar-refractivity contribution >= 4 is 17.9 Å². The average molecular weight is 308 g/mol. The number of methoxy groups -OCH3 is 1. The Morgan fingerprint density at radius 1 is 1.30 bits per heavy atom. The number of pyridine rings is 1. The minimum Gasteiger partial charge on any atom is -0.496 e. The number of carbonyl (C=O) groups is 1. The second-order valence-electron chi connectivity index (χ2n) is 5.00. The maximum Gasteiger partial charge on any atom is 0.363 e. The van der Waals surface area contributed by atoms with E-state index in [2.05, 4.69) is 16.9 Å². The summed E-state index contributed by atoms with van der Waals surface area (Å²) >= 11 is 0. The van der Waals surface area contributed by atoms with Gasteiger partial charge < -0.3 is 9.47 Å². The van der Waals surface area contributed by atoms with Gasteiger partial charge in [-0.3, -0.25) is 4.98 Å². The first-order chi connectivity index (χ1) is 11.2. The van der Waals surface area contributed by atoms with Crippen LogP contribution in [0.3, 0.4) is 0 Å². The normalized spacial score (nSPS) is 15.5.